The average molecular weight is 1240 g/mol. The van der Waals surface area contributed by atoms with Gasteiger partial charge in [0.1, 0.15) is 28.9 Å². The highest BCUT2D eigenvalue weighted by Gasteiger charge is 2.32. The number of benzene rings is 4. The number of methoxy groups -OCH3 is 2. The number of nitrogens with zero attached hydrogens (tertiary/aromatic N) is 8. The number of aryl methyl sites for hydroxylation is 2. The number of anilines is 2. The first kappa shape index (κ1) is 58.8. The van der Waals surface area contributed by atoms with Crippen LogP contribution in [0.4, 0.5) is 20.4 Å². The molecule has 28 heteroatoms. The van der Waals surface area contributed by atoms with Gasteiger partial charge in [0.2, 0.25) is 0 Å². The molecule has 0 fully saturated rings. The molecule has 0 atom stereocenters. The Kier molecular flexibility index (Phi) is 18.7. The van der Waals surface area contributed by atoms with Crippen molar-refractivity contribution in [2.75, 3.05) is 36.8 Å². The molecule has 4 aromatic carbocycles. The molecule has 415 valence electrons. The maximum Gasteiger partial charge on any atom is 0.569 e. The molecule has 10 rings (SSSR count). The van der Waals surface area contributed by atoms with Crippen molar-refractivity contribution in [1.29, 1.82) is 0 Å². The van der Waals surface area contributed by atoms with Crippen molar-refractivity contribution in [3.8, 4) is 39.8 Å². The number of fused-ring (bicyclic) bond motifs is 2. The molecule has 1 radical (unpaired) electrons. The van der Waals surface area contributed by atoms with Gasteiger partial charge in [-0.1, -0.05) is 41.4 Å². The molecule has 0 spiro atoms. The van der Waals surface area contributed by atoms with Crippen LogP contribution in [-0.2, 0) is 46.3 Å². The first-order valence-electron chi connectivity index (χ1n) is 23.9. The first-order valence-corrected chi connectivity index (χ1v) is 28.3. The average Bonchev–Trinajstić information content (AvgIpc) is 3.53. The molecule has 8 aromatic rings. The second kappa shape index (κ2) is 25.4. The molecule has 3 N–H and O–H groups in total. The third-order valence-electron chi connectivity index (χ3n) is 12.5. The predicted molar refractivity (Wildman–Crippen MR) is 302 cm³/mol. The third kappa shape index (κ3) is 13.5. The Hall–Kier alpha value is -7.30. The van der Waals surface area contributed by atoms with Crippen LogP contribution in [0.25, 0.3) is 22.5 Å². The van der Waals surface area contributed by atoms with E-state index < -0.39 is 20.4 Å². The summed E-state index contributed by atoms with van der Waals surface area (Å²) >= 11 is 16.3. The van der Waals surface area contributed by atoms with Crippen LogP contribution < -0.4 is 34.7 Å². The fraction of sp³-hybridized carbons (Fsp3) is 0.192. The molecule has 20 nitrogen and oxygen atoms in total. The second-order valence-electron chi connectivity index (χ2n) is 17.6. The number of pyridine rings is 2. The van der Waals surface area contributed by atoms with Crippen molar-refractivity contribution in [3.05, 3.63) is 202 Å². The minimum Gasteiger partial charge on any atom is -0.537 e. The van der Waals surface area contributed by atoms with Crippen molar-refractivity contribution in [3.63, 3.8) is 0 Å². The highest BCUT2D eigenvalue weighted by Crippen LogP contribution is 2.38. The summed E-state index contributed by atoms with van der Waals surface area (Å²) in [5.74, 6) is 0.916. The summed E-state index contributed by atoms with van der Waals surface area (Å²) in [4.78, 5) is 25.9. The minimum atomic E-state index is -3.91. The summed E-state index contributed by atoms with van der Waals surface area (Å²) < 4.78 is 105. The maximum absolute atomic E-state index is 13.8. The Morgan fingerprint density at radius 2 is 1.14 bits per heavy atom. The van der Waals surface area contributed by atoms with Crippen molar-refractivity contribution < 1.29 is 44.8 Å². The summed E-state index contributed by atoms with van der Waals surface area (Å²) in [6, 6.07) is 27.8. The Balaban J connectivity index is 0.000000179. The van der Waals surface area contributed by atoms with E-state index in [9.17, 15) is 35.2 Å². The van der Waals surface area contributed by atoms with Crippen LogP contribution >= 0.6 is 39.1 Å². The Bertz CT molecular complexity index is 3960. The Morgan fingerprint density at radius 1 is 0.650 bits per heavy atom. The molecule has 0 amide bonds. The number of hydrogen-bond acceptors (Lipinski definition) is 14. The first-order chi connectivity index (χ1) is 38.2. The van der Waals surface area contributed by atoms with E-state index in [4.69, 9.17) is 37.7 Å². The lowest BCUT2D eigenvalue weighted by Gasteiger charge is -2.30. The molecule has 2 aliphatic rings. The van der Waals surface area contributed by atoms with Crippen molar-refractivity contribution in [2.45, 2.75) is 39.8 Å². The molecule has 2 aliphatic heterocycles. The van der Waals surface area contributed by atoms with Crippen LogP contribution in [0.1, 0.15) is 33.6 Å². The lowest BCUT2D eigenvalue weighted by Crippen LogP contribution is -2.41. The number of rotatable bonds is 13. The number of hydrogen-bond donors (Lipinski definition) is 3. The molecule has 6 heterocycles. The predicted octanol–water partition coefficient (Wildman–Crippen LogP) is 7.93. The second-order valence-corrected chi connectivity index (χ2v) is 22.6. The smallest absolute Gasteiger partial charge is 0.537 e. The monoisotopic (exact) mass is 1230 g/mol. The zero-order valence-corrected chi connectivity index (χ0v) is 47.5. The standard InChI is InChI=1S/C26H23ClFN5O4S.C19H17BrClN5O4S.C7H7BFO2/c1-16-12-17(5-7-21(16)28)19-13-24(37-2)23(14-20(19)27)33-22-9-11-32(15-18(22)6-8-26(33)34)38(35,36)31-25-4-3-10-29-30-25;1-30-17-9-13(20)14(21)10-16(17)26-15-6-8-25(11-12(15)4-5-19(26)27)31(28,29)24-18-3-2-7-22-23-18;1-5-4-6(11-8-10)2-3-7(5)9/h3-8,10,12-14H,9,11,15H2,1-2H3,(H,30,31);2-5,7,9-10H,6,8,11H2,1H3,(H,23,24);2-4,10H,1H3. The lowest BCUT2D eigenvalue weighted by atomic mass is 10.0. The number of aromatic nitrogens is 6. The van der Waals surface area contributed by atoms with Crippen LogP contribution in [0.3, 0.4) is 0 Å². The van der Waals surface area contributed by atoms with Crippen LogP contribution in [0.15, 0.2) is 136 Å². The van der Waals surface area contributed by atoms with Crippen LogP contribution in [-0.4, -0.2) is 95.0 Å². The van der Waals surface area contributed by atoms with E-state index in [1.54, 1.807) is 74.5 Å². The van der Waals surface area contributed by atoms with Gasteiger partial charge in [-0.25, -0.2) is 8.78 Å². The number of ether oxygens (including phenoxy) is 2. The topological polar surface area (TPSA) is 242 Å². The highest BCUT2D eigenvalue weighted by molar-refractivity contribution is 9.10. The minimum absolute atomic E-state index is 0.0498. The van der Waals surface area contributed by atoms with Gasteiger partial charge < -0.3 is 19.2 Å². The molecular formula is C52H47BBrCl2F2N10O10S2. The van der Waals surface area contributed by atoms with Gasteiger partial charge in [0.05, 0.1) is 35.6 Å². The maximum atomic E-state index is 13.8. The Labute approximate surface area is 477 Å². The van der Waals surface area contributed by atoms with E-state index in [-0.39, 0.29) is 67.0 Å². The summed E-state index contributed by atoms with van der Waals surface area (Å²) in [5, 5.41) is 23.9. The summed E-state index contributed by atoms with van der Waals surface area (Å²) in [6.45, 7) is 3.75. The summed E-state index contributed by atoms with van der Waals surface area (Å²) in [5.41, 5.74) is 5.38. The van der Waals surface area contributed by atoms with Crippen LogP contribution in [0, 0.1) is 25.5 Å². The molecule has 4 aromatic heterocycles. The van der Waals surface area contributed by atoms with Gasteiger partial charge in [-0.15, -0.1) is 10.2 Å². The van der Waals surface area contributed by atoms with Gasteiger partial charge in [-0.05, 0) is 136 Å². The van der Waals surface area contributed by atoms with Gasteiger partial charge in [0, 0.05) is 85.0 Å². The SMILES string of the molecule is COc1cc(-c2ccc(F)c(C)c2)c(Cl)cc1-n1c2c(ccc1=O)CN(S(=O)(=O)Nc1cccnn1)CC2.COc1cc(Br)c(Cl)cc1-n1c2c(ccc1=O)CN(S(=O)(=O)Nc1cccnn1)CC2.Cc1cc(O[B]O)ccc1F. The molecular weight excluding hydrogens is 1190 g/mol. The van der Waals surface area contributed by atoms with Gasteiger partial charge in [-0.2, -0.15) is 35.6 Å². The number of nitrogens with one attached hydrogen (secondary N) is 2. The zero-order valence-electron chi connectivity index (χ0n) is 42.8. The van der Waals surface area contributed by atoms with Gasteiger partial charge >= 0.3 is 28.1 Å². The number of halogens is 5. The summed E-state index contributed by atoms with van der Waals surface area (Å²) in [7, 11) is -4.21. The van der Waals surface area contributed by atoms with Crippen LogP contribution in [0.5, 0.6) is 17.2 Å². The van der Waals surface area contributed by atoms with Crippen LogP contribution in [0.2, 0.25) is 10.0 Å². The van der Waals surface area contributed by atoms with Crippen molar-refractivity contribution >= 4 is 78.9 Å². The van der Waals surface area contributed by atoms with E-state index in [2.05, 4.69) is 50.4 Å². The largest absolute Gasteiger partial charge is 0.569 e. The molecule has 0 saturated heterocycles. The zero-order chi connectivity index (χ0) is 57.5. The fourth-order valence-electron chi connectivity index (χ4n) is 8.64. The van der Waals surface area contributed by atoms with Gasteiger partial charge in [0.25, 0.3) is 11.1 Å². The molecule has 0 saturated carbocycles. The molecule has 0 aliphatic carbocycles. The third-order valence-corrected chi connectivity index (χ3v) is 16.9. The molecule has 0 bridgehead atoms. The Morgan fingerprint density at radius 3 is 1.60 bits per heavy atom. The van der Waals surface area contributed by atoms with E-state index in [1.165, 1.54) is 92.9 Å². The fourth-order valence-corrected chi connectivity index (χ4v) is 11.7. The summed E-state index contributed by atoms with van der Waals surface area (Å²) in [6.07, 6.45) is 3.49. The van der Waals surface area contributed by atoms with E-state index >= 15 is 0 Å². The van der Waals surface area contributed by atoms with Gasteiger partial charge in [0.15, 0.2) is 11.6 Å². The van der Waals surface area contributed by atoms with E-state index in [0.29, 0.717) is 102 Å². The quantitative estimate of drug-likeness (QED) is 0.0929. The lowest BCUT2D eigenvalue weighted by molar-refractivity contribution is 0.385. The van der Waals surface area contributed by atoms with E-state index in [0.717, 1.165) is 0 Å². The van der Waals surface area contributed by atoms with Crippen molar-refractivity contribution in [2.24, 2.45) is 0 Å². The van der Waals surface area contributed by atoms with Gasteiger partial charge in [-0.3, -0.25) is 28.2 Å². The van der Waals surface area contributed by atoms with Crippen molar-refractivity contribution in [1.82, 2.24) is 38.1 Å². The normalized spacial score (nSPS) is 13.3. The van der Waals surface area contributed by atoms with E-state index in [1.807, 2.05) is 0 Å². The molecule has 80 heavy (non-hydrogen) atoms. The molecule has 0 unspecified atom stereocenters. The highest BCUT2D eigenvalue weighted by atomic mass is 79.9.